The first-order chi connectivity index (χ1) is 12.0. The maximum Gasteiger partial charge on any atom is 0.290 e. The van der Waals surface area contributed by atoms with Crippen molar-refractivity contribution in [1.29, 1.82) is 0 Å². The zero-order valence-corrected chi connectivity index (χ0v) is 15.0. The first kappa shape index (κ1) is 19.3. The predicted molar refractivity (Wildman–Crippen MR) is 92.5 cm³/mol. The molecule has 0 saturated carbocycles. The van der Waals surface area contributed by atoms with Gasteiger partial charge in [-0.3, -0.25) is 19.3 Å². The molecule has 1 atom stereocenters. The largest absolute Gasteiger partial charge is 0.483 e. The van der Waals surface area contributed by atoms with E-state index < -0.39 is 0 Å². The molecule has 0 aromatic carbocycles. The van der Waals surface area contributed by atoms with E-state index in [0.29, 0.717) is 18.2 Å². The number of hydrogen-bond acceptors (Lipinski definition) is 7. The zero-order valence-electron chi connectivity index (χ0n) is 14.2. The molecule has 2 aliphatic heterocycles. The van der Waals surface area contributed by atoms with Crippen LogP contribution in [0.3, 0.4) is 0 Å². The number of aromatic nitrogens is 2. The number of carboxylic acid groups (broad SMARTS) is 1. The highest BCUT2D eigenvalue weighted by Gasteiger charge is 2.36. The van der Waals surface area contributed by atoms with Gasteiger partial charge >= 0.3 is 0 Å². The van der Waals surface area contributed by atoms with Crippen LogP contribution in [0.5, 0.6) is 0 Å². The lowest BCUT2D eigenvalue weighted by atomic mass is 10.1. The van der Waals surface area contributed by atoms with Crippen LogP contribution >= 0.6 is 11.3 Å². The highest BCUT2D eigenvalue weighted by atomic mass is 32.1. The Morgan fingerprint density at radius 1 is 1.40 bits per heavy atom. The van der Waals surface area contributed by atoms with E-state index in [1.165, 1.54) is 24.2 Å². The van der Waals surface area contributed by atoms with Crippen molar-refractivity contribution in [3.63, 3.8) is 0 Å². The smallest absolute Gasteiger partial charge is 0.290 e. The Morgan fingerprint density at radius 2 is 2.08 bits per heavy atom. The van der Waals surface area contributed by atoms with Crippen molar-refractivity contribution in [3.8, 4) is 0 Å². The van der Waals surface area contributed by atoms with Crippen molar-refractivity contribution in [2.45, 2.75) is 26.2 Å². The Kier molecular flexibility index (Phi) is 7.26. The first-order valence-corrected chi connectivity index (χ1v) is 9.05. The van der Waals surface area contributed by atoms with Crippen molar-refractivity contribution in [2.24, 2.45) is 5.92 Å². The number of rotatable bonds is 5. The lowest BCUT2D eigenvalue weighted by Crippen LogP contribution is -2.37. The summed E-state index contributed by atoms with van der Waals surface area (Å²) in [4.78, 5) is 36.6. The van der Waals surface area contributed by atoms with Gasteiger partial charge in [-0.05, 0) is 32.9 Å². The predicted octanol–water partition coefficient (Wildman–Crippen LogP) is 0.112. The van der Waals surface area contributed by atoms with Gasteiger partial charge in [0.25, 0.3) is 6.47 Å². The van der Waals surface area contributed by atoms with Gasteiger partial charge in [0.05, 0.1) is 5.92 Å². The number of amides is 2. The SMILES string of the molecule is Cc1nnc(N2CC(C(=O)NCCN3CCCC3)CC2=O)s1.O=CO. The summed E-state index contributed by atoms with van der Waals surface area (Å²) in [5, 5.41) is 19.2. The van der Waals surface area contributed by atoms with E-state index in [1.807, 2.05) is 6.92 Å². The maximum absolute atomic E-state index is 12.2. The quantitative estimate of drug-likeness (QED) is 0.708. The Bertz CT molecular complexity index is 602. The molecular formula is C15H23N5O4S. The summed E-state index contributed by atoms with van der Waals surface area (Å²) in [6, 6.07) is 0. The van der Waals surface area contributed by atoms with Crippen molar-refractivity contribution < 1.29 is 19.5 Å². The summed E-state index contributed by atoms with van der Waals surface area (Å²) in [7, 11) is 0. The molecule has 1 aromatic heterocycles. The van der Waals surface area contributed by atoms with Crippen molar-refractivity contribution >= 4 is 34.8 Å². The van der Waals surface area contributed by atoms with Crippen LogP contribution in [-0.4, -0.2) is 71.2 Å². The van der Waals surface area contributed by atoms with Gasteiger partial charge in [-0.25, -0.2) is 0 Å². The highest BCUT2D eigenvalue weighted by molar-refractivity contribution is 7.15. The van der Waals surface area contributed by atoms with Gasteiger partial charge in [0.1, 0.15) is 5.01 Å². The Morgan fingerprint density at radius 3 is 2.68 bits per heavy atom. The molecule has 3 rings (SSSR count). The lowest BCUT2D eigenvalue weighted by Gasteiger charge is -2.16. The van der Waals surface area contributed by atoms with Crippen LogP contribution in [-0.2, 0) is 14.4 Å². The molecule has 0 bridgehead atoms. The fourth-order valence-corrected chi connectivity index (χ4v) is 3.67. The summed E-state index contributed by atoms with van der Waals surface area (Å²) in [6.07, 6.45) is 2.76. The Labute approximate surface area is 150 Å². The van der Waals surface area contributed by atoms with E-state index >= 15 is 0 Å². The van der Waals surface area contributed by atoms with E-state index in [2.05, 4.69) is 20.4 Å². The fourth-order valence-electron chi connectivity index (χ4n) is 2.95. The molecule has 3 heterocycles. The van der Waals surface area contributed by atoms with Crippen LogP contribution in [0.4, 0.5) is 5.13 Å². The van der Waals surface area contributed by atoms with Gasteiger partial charge in [0, 0.05) is 26.1 Å². The van der Waals surface area contributed by atoms with Gasteiger partial charge < -0.3 is 15.3 Å². The Hall–Kier alpha value is -2.07. The normalized spacial score (nSPS) is 20.3. The van der Waals surface area contributed by atoms with Gasteiger partial charge in [0.15, 0.2) is 0 Å². The molecule has 2 saturated heterocycles. The molecule has 2 aliphatic rings. The van der Waals surface area contributed by atoms with Crippen LogP contribution < -0.4 is 10.2 Å². The number of carbonyl (C=O) groups is 3. The van der Waals surface area contributed by atoms with Crippen LogP contribution in [0, 0.1) is 12.8 Å². The minimum absolute atomic E-state index is 0.0312. The topological polar surface area (TPSA) is 116 Å². The van der Waals surface area contributed by atoms with Crippen LogP contribution in [0.2, 0.25) is 0 Å². The third-order valence-electron chi connectivity index (χ3n) is 4.17. The second kappa shape index (κ2) is 9.42. The maximum atomic E-state index is 12.2. The lowest BCUT2D eigenvalue weighted by molar-refractivity contribution is -0.126. The molecule has 9 nitrogen and oxygen atoms in total. The van der Waals surface area contributed by atoms with Gasteiger partial charge in [-0.15, -0.1) is 10.2 Å². The molecule has 25 heavy (non-hydrogen) atoms. The number of hydrogen-bond donors (Lipinski definition) is 2. The average molecular weight is 369 g/mol. The highest BCUT2D eigenvalue weighted by Crippen LogP contribution is 2.27. The van der Waals surface area contributed by atoms with Crippen LogP contribution in [0.1, 0.15) is 24.3 Å². The number of anilines is 1. The van der Waals surface area contributed by atoms with Crippen molar-refractivity contribution in [1.82, 2.24) is 20.4 Å². The van der Waals surface area contributed by atoms with Gasteiger partial charge in [0.2, 0.25) is 16.9 Å². The summed E-state index contributed by atoms with van der Waals surface area (Å²) in [6.45, 7) is 5.81. The molecule has 1 unspecified atom stereocenters. The van der Waals surface area contributed by atoms with Gasteiger partial charge in [-0.2, -0.15) is 0 Å². The summed E-state index contributed by atoms with van der Waals surface area (Å²) in [5.41, 5.74) is 0. The molecule has 0 radical (unpaired) electrons. The summed E-state index contributed by atoms with van der Waals surface area (Å²) < 4.78 is 0. The second-order valence-electron chi connectivity index (χ2n) is 5.95. The van der Waals surface area contributed by atoms with Gasteiger partial charge in [-0.1, -0.05) is 11.3 Å². The van der Waals surface area contributed by atoms with E-state index in [4.69, 9.17) is 9.90 Å². The zero-order chi connectivity index (χ0) is 18.2. The Balaban J connectivity index is 0.000000701. The number of aryl methyl sites for hydroxylation is 1. The molecule has 2 amide bonds. The molecular weight excluding hydrogens is 346 g/mol. The summed E-state index contributed by atoms with van der Waals surface area (Å²) in [5.74, 6) is -0.359. The fraction of sp³-hybridized carbons (Fsp3) is 0.667. The standard InChI is InChI=1S/C14H21N5O2S.CH2O2/c1-10-16-17-14(22-10)19-9-11(8-12(19)20)13(21)15-4-7-18-5-2-3-6-18;2-1-3/h11H,2-9H2,1H3,(H,15,21);1H,(H,2,3). The minimum Gasteiger partial charge on any atom is -0.483 e. The van der Waals surface area contributed by atoms with E-state index in [0.717, 1.165) is 24.6 Å². The molecule has 0 spiro atoms. The number of carbonyl (C=O) groups excluding carboxylic acids is 2. The van der Waals surface area contributed by atoms with E-state index in [1.54, 1.807) is 4.90 Å². The third-order valence-corrected chi connectivity index (χ3v) is 5.03. The number of nitrogens with zero attached hydrogens (tertiary/aromatic N) is 4. The number of nitrogens with one attached hydrogen (secondary N) is 1. The van der Waals surface area contributed by atoms with E-state index in [-0.39, 0.29) is 30.6 Å². The van der Waals surface area contributed by atoms with Crippen molar-refractivity contribution in [2.75, 3.05) is 37.6 Å². The monoisotopic (exact) mass is 369 g/mol. The molecule has 10 heteroatoms. The molecule has 138 valence electrons. The molecule has 2 N–H and O–H groups in total. The average Bonchev–Trinajstić information content (AvgIpc) is 3.29. The van der Waals surface area contributed by atoms with Crippen LogP contribution in [0.15, 0.2) is 0 Å². The minimum atomic E-state index is -0.282. The molecule has 0 aliphatic carbocycles. The molecule has 1 aromatic rings. The van der Waals surface area contributed by atoms with Crippen LogP contribution in [0.25, 0.3) is 0 Å². The third kappa shape index (κ3) is 5.46. The van der Waals surface area contributed by atoms with Crippen molar-refractivity contribution in [3.05, 3.63) is 5.01 Å². The van der Waals surface area contributed by atoms with E-state index in [9.17, 15) is 9.59 Å². The molecule has 2 fully saturated rings. The second-order valence-corrected chi connectivity index (χ2v) is 7.11. The number of likely N-dealkylation sites (tertiary alicyclic amines) is 1. The first-order valence-electron chi connectivity index (χ1n) is 8.23. The summed E-state index contributed by atoms with van der Waals surface area (Å²) >= 11 is 1.38.